The van der Waals surface area contributed by atoms with Crippen molar-refractivity contribution in [1.29, 1.82) is 0 Å². The highest BCUT2D eigenvalue weighted by molar-refractivity contribution is 5.94. The summed E-state index contributed by atoms with van der Waals surface area (Å²) in [5.74, 6) is 0.112. The minimum absolute atomic E-state index is 0.112. The Morgan fingerprint density at radius 3 is 2.62 bits per heavy atom. The van der Waals surface area contributed by atoms with Gasteiger partial charge in [-0.3, -0.25) is 9.78 Å². The maximum atomic E-state index is 11.4. The number of nitrogens with zero attached hydrogens (tertiary/aromatic N) is 2. The van der Waals surface area contributed by atoms with Crippen LogP contribution in [0, 0.1) is 0 Å². The minimum atomic E-state index is 0.112. The molecule has 2 rings (SSSR count). The van der Waals surface area contributed by atoms with Gasteiger partial charge in [-0.15, -0.1) is 0 Å². The predicted molar refractivity (Wildman–Crippen MR) is 64.9 cm³/mol. The minimum Gasteiger partial charge on any atom is -0.368 e. The van der Waals surface area contributed by atoms with Gasteiger partial charge in [-0.1, -0.05) is 6.92 Å². The average molecular weight is 218 g/mol. The van der Waals surface area contributed by atoms with Gasteiger partial charge in [-0.05, 0) is 31.9 Å². The number of hydrogen-bond acceptors (Lipinski definition) is 3. The van der Waals surface area contributed by atoms with Crippen molar-refractivity contribution in [2.75, 3.05) is 11.4 Å². The van der Waals surface area contributed by atoms with E-state index >= 15 is 0 Å². The summed E-state index contributed by atoms with van der Waals surface area (Å²) in [5, 5.41) is 0. The molecule has 0 N–H and O–H groups in total. The van der Waals surface area contributed by atoms with Gasteiger partial charge in [0.05, 0.1) is 11.9 Å². The van der Waals surface area contributed by atoms with Crippen molar-refractivity contribution in [3.8, 4) is 0 Å². The van der Waals surface area contributed by atoms with Gasteiger partial charge in [-0.2, -0.15) is 0 Å². The predicted octanol–water partition coefficient (Wildman–Crippen LogP) is 2.66. The van der Waals surface area contributed by atoms with E-state index in [4.69, 9.17) is 0 Å². The molecule has 1 aliphatic carbocycles. The molecule has 0 saturated heterocycles. The summed E-state index contributed by atoms with van der Waals surface area (Å²) >= 11 is 0. The highest BCUT2D eigenvalue weighted by Crippen LogP contribution is 2.30. The summed E-state index contributed by atoms with van der Waals surface area (Å²) in [7, 11) is 0. The van der Waals surface area contributed by atoms with Crippen LogP contribution in [0.3, 0.4) is 0 Å². The van der Waals surface area contributed by atoms with E-state index in [9.17, 15) is 4.79 Å². The molecule has 1 saturated carbocycles. The first kappa shape index (κ1) is 11.1. The third kappa shape index (κ3) is 2.23. The van der Waals surface area contributed by atoms with Gasteiger partial charge in [0.1, 0.15) is 5.69 Å². The molecular weight excluding hydrogens is 200 g/mol. The normalized spacial score (nSPS) is 14.9. The zero-order chi connectivity index (χ0) is 11.5. The second-order valence-electron chi connectivity index (χ2n) is 4.20. The lowest BCUT2D eigenvalue weighted by molar-refractivity contribution is 0.0983. The Morgan fingerprint density at radius 2 is 2.19 bits per heavy atom. The Hall–Kier alpha value is -1.38. The maximum absolute atomic E-state index is 11.4. The lowest BCUT2D eigenvalue weighted by Gasteiger charge is -2.22. The molecule has 1 aliphatic rings. The lowest BCUT2D eigenvalue weighted by atomic mass is 10.2. The number of rotatable bonds is 5. The van der Waals surface area contributed by atoms with Crippen LogP contribution in [-0.2, 0) is 0 Å². The van der Waals surface area contributed by atoms with Crippen molar-refractivity contribution in [3.63, 3.8) is 0 Å². The Kier molecular flexibility index (Phi) is 3.22. The molecule has 1 aromatic rings. The van der Waals surface area contributed by atoms with E-state index in [-0.39, 0.29) is 5.78 Å². The van der Waals surface area contributed by atoms with Gasteiger partial charge in [0.15, 0.2) is 5.78 Å². The molecule has 1 heterocycles. The first-order chi connectivity index (χ1) is 7.76. The van der Waals surface area contributed by atoms with Crippen LogP contribution in [0.5, 0.6) is 0 Å². The first-order valence-corrected chi connectivity index (χ1v) is 6.02. The van der Waals surface area contributed by atoms with Gasteiger partial charge in [0.2, 0.25) is 0 Å². The van der Waals surface area contributed by atoms with Crippen molar-refractivity contribution >= 4 is 11.5 Å². The molecule has 0 bridgehead atoms. The van der Waals surface area contributed by atoms with E-state index < -0.39 is 0 Å². The van der Waals surface area contributed by atoms with E-state index in [0.29, 0.717) is 18.2 Å². The van der Waals surface area contributed by atoms with Crippen LogP contribution < -0.4 is 4.90 Å². The van der Waals surface area contributed by atoms with Crippen molar-refractivity contribution in [2.24, 2.45) is 0 Å². The third-order valence-electron chi connectivity index (χ3n) is 3.01. The van der Waals surface area contributed by atoms with Crippen LogP contribution in [0.25, 0.3) is 0 Å². The third-order valence-corrected chi connectivity index (χ3v) is 3.01. The standard InChI is InChI=1S/C13H18N2O/c1-3-13(16)12-8-7-11(9-14-12)15(4-2)10-5-6-10/h7-10H,3-6H2,1-2H3. The number of hydrogen-bond donors (Lipinski definition) is 0. The Balaban J connectivity index is 2.14. The van der Waals surface area contributed by atoms with Crippen LogP contribution in [0.1, 0.15) is 43.6 Å². The fourth-order valence-electron chi connectivity index (χ4n) is 1.94. The van der Waals surface area contributed by atoms with Gasteiger partial charge in [0.25, 0.3) is 0 Å². The lowest BCUT2D eigenvalue weighted by Crippen LogP contribution is -2.25. The Morgan fingerprint density at radius 1 is 1.44 bits per heavy atom. The van der Waals surface area contributed by atoms with E-state index in [2.05, 4.69) is 16.8 Å². The molecule has 3 nitrogen and oxygen atoms in total. The second kappa shape index (κ2) is 4.64. The number of Topliss-reactive ketones (excluding diaryl/α,β-unsaturated/α-hetero) is 1. The van der Waals surface area contributed by atoms with Crippen LogP contribution in [0.2, 0.25) is 0 Å². The molecule has 1 aromatic heterocycles. The number of aromatic nitrogens is 1. The van der Waals surface area contributed by atoms with Gasteiger partial charge in [-0.25, -0.2) is 0 Å². The van der Waals surface area contributed by atoms with Gasteiger partial charge < -0.3 is 4.90 Å². The number of carbonyl (C=O) groups excluding carboxylic acids is 1. The summed E-state index contributed by atoms with van der Waals surface area (Å²) in [5.41, 5.74) is 1.72. The Labute approximate surface area is 96.5 Å². The summed E-state index contributed by atoms with van der Waals surface area (Å²) in [6, 6.07) is 4.55. The Bertz CT molecular complexity index is 368. The van der Waals surface area contributed by atoms with Crippen LogP contribution in [0.4, 0.5) is 5.69 Å². The number of carbonyl (C=O) groups is 1. The van der Waals surface area contributed by atoms with Crippen LogP contribution in [-0.4, -0.2) is 23.4 Å². The van der Waals surface area contributed by atoms with Crippen molar-refractivity contribution in [1.82, 2.24) is 4.98 Å². The molecule has 0 radical (unpaired) electrons. The molecule has 0 unspecified atom stereocenters. The largest absolute Gasteiger partial charge is 0.368 e. The first-order valence-electron chi connectivity index (χ1n) is 6.02. The summed E-state index contributed by atoms with van der Waals surface area (Å²) in [6.07, 6.45) is 4.91. The number of ketones is 1. The molecule has 0 amide bonds. The molecule has 16 heavy (non-hydrogen) atoms. The highest BCUT2D eigenvalue weighted by Gasteiger charge is 2.28. The molecule has 1 fully saturated rings. The summed E-state index contributed by atoms with van der Waals surface area (Å²) < 4.78 is 0. The molecule has 3 heteroatoms. The van der Waals surface area contributed by atoms with E-state index in [1.165, 1.54) is 12.8 Å². The smallest absolute Gasteiger partial charge is 0.180 e. The monoisotopic (exact) mass is 218 g/mol. The second-order valence-corrected chi connectivity index (χ2v) is 4.20. The zero-order valence-corrected chi connectivity index (χ0v) is 9.94. The number of pyridine rings is 1. The summed E-state index contributed by atoms with van der Waals surface area (Å²) in [4.78, 5) is 18.0. The fraction of sp³-hybridized carbons (Fsp3) is 0.538. The van der Waals surface area contributed by atoms with Crippen LogP contribution in [0.15, 0.2) is 18.3 Å². The molecule has 0 atom stereocenters. The highest BCUT2D eigenvalue weighted by atomic mass is 16.1. The molecule has 0 spiro atoms. The SMILES string of the molecule is CCC(=O)c1ccc(N(CC)C2CC2)cn1. The number of anilines is 1. The van der Waals surface area contributed by atoms with E-state index in [1.54, 1.807) is 0 Å². The average Bonchev–Trinajstić information content (AvgIpc) is 3.14. The topological polar surface area (TPSA) is 33.2 Å². The molecule has 0 aromatic carbocycles. The van der Waals surface area contributed by atoms with Crippen molar-refractivity contribution in [2.45, 2.75) is 39.2 Å². The van der Waals surface area contributed by atoms with Gasteiger partial charge >= 0.3 is 0 Å². The fourth-order valence-corrected chi connectivity index (χ4v) is 1.94. The zero-order valence-electron chi connectivity index (χ0n) is 9.94. The van der Waals surface area contributed by atoms with E-state index in [1.807, 2.05) is 25.3 Å². The van der Waals surface area contributed by atoms with Gasteiger partial charge in [0, 0.05) is 19.0 Å². The summed E-state index contributed by atoms with van der Waals surface area (Å²) in [6.45, 7) is 5.03. The quantitative estimate of drug-likeness (QED) is 0.712. The maximum Gasteiger partial charge on any atom is 0.180 e. The van der Waals surface area contributed by atoms with Crippen molar-refractivity contribution in [3.05, 3.63) is 24.0 Å². The van der Waals surface area contributed by atoms with Crippen LogP contribution >= 0.6 is 0 Å². The van der Waals surface area contributed by atoms with E-state index in [0.717, 1.165) is 12.2 Å². The molecule has 86 valence electrons. The molecular formula is C13H18N2O. The molecule has 0 aliphatic heterocycles. The van der Waals surface area contributed by atoms with Crippen molar-refractivity contribution < 1.29 is 4.79 Å².